The minimum atomic E-state index is 0.460. The van der Waals surface area contributed by atoms with Gasteiger partial charge in [-0.25, -0.2) is 0 Å². The summed E-state index contributed by atoms with van der Waals surface area (Å²) in [5, 5.41) is 3.36. The number of hydrogen-bond donors (Lipinski definition) is 1. The molecule has 0 aliphatic carbocycles. The van der Waals surface area contributed by atoms with Gasteiger partial charge in [0, 0.05) is 6.04 Å². The lowest BCUT2D eigenvalue weighted by Crippen LogP contribution is -2.24. The fraction of sp³-hybridized carbons (Fsp3) is 0.778. The Bertz CT molecular complexity index is 93.6. The van der Waals surface area contributed by atoms with Crippen LogP contribution in [0.25, 0.3) is 0 Å². The van der Waals surface area contributed by atoms with Crippen LogP contribution in [0.15, 0.2) is 12.7 Å². The highest BCUT2D eigenvalue weighted by atomic mass is 32.2. The largest absolute Gasteiger partial charge is 0.311 e. The van der Waals surface area contributed by atoms with Crippen LogP contribution in [-0.4, -0.2) is 24.1 Å². The molecule has 0 aliphatic rings. The van der Waals surface area contributed by atoms with Crippen LogP contribution < -0.4 is 5.32 Å². The Morgan fingerprint density at radius 3 is 2.91 bits per heavy atom. The van der Waals surface area contributed by atoms with E-state index in [1.165, 1.54) is 17.9 Å². The molecule has 0 rings (SSSR count). The Balaban J connectivity index is 2.95. The van der Waals surface area contributed by atoms with Crippen molar-refractivity contribution < 1.29 is 0 Å². The van der Waals surface area contributed by atoms with E-state index in [9.17, 15) is 0 Å². The Morgan fingerprint density at radius 1 is 1.64 bits per heavy atom. The van der Waals surface area contributed by atoms with Crippen LogP contribution in [0.3, 0.4) is 0 Å². The summed E-state index contributed by atoms with van der Waals surface area (Å²) in [6.07, 6.45) is 3.20. The first-order valence-electron chi connectivity index (χ1n) is 4.25. The van der Waals surface area contributed by atoms with E-state index < -0.39 is 0 Å². The van der Waals surface area contributed by atoms with E-state index in [1.54, 1.807) is 0 Å². The number of hydrogen-bond acceptors (Lipinski definition) is 2. The quantitative estimate of drug-likeness (QED) is 0.468. The standard InChI is InChI=1S/C9H19NS/c1-4-9(3)10-7-6-8-11-5-2/h4,9-10H,1,5-8H2,2-3H3. The van der Waals surface area contributed by atoms with Gasteiger partial charge in [-0.05, 0) is 31.4 Å². The minimum Gasteiger partial charge on any atom is -0.311 e. The summed E-state index contributed by atoms with van der Waals surface area (Å²) in [5.41, 5.74) is 0. The van der Waals surface area contributed by atoms with E-state index in [0.717, 1.165) is 6.54 Å². The molecule has 0 heterocycles. The molecule has 0 fully saturated rings. The Morgan fingerprint density at radius 2 is 2.36 bits per heavy atom. The number of nitrogens with one attached hydrogen (secondary N) is 1. The van der Waals surface area contributed by atoms with Gasteiger partial charge in [-0.1, -0.05) is 13.0 Å². The van der Waals surface area contributed by atoms with Crippen molar-refractivity contribution in [2.24, 2.45) is 0 Å². The smallest absolute Gasteiger partial charge is 0.0219 e. The van der Waals surface area contributed by atoms with Gasteiger partial charge in [0.05, 0.1) is 0 Å². The highest BCUT2D eigenvalue weighted by Gasteiger charge is 1.92. The fourth-order valence-corrected chi connectivity index (χ4v) is 1.37. The monoisotopic (exact) mass is 173 g/mol. The molecule has 0 saturated carbocycles. The van der Waals surface area contributed by atoms with Crippen molar-refractivity contribution in [1.82, 2.24) is 5.32 Å². The lowest BCUT2D eigenvalue weighted by Gasteiger charge is -2.07. The first-order chi connectivity index (χ1) is 5.31. The highest BCUT2D eigenvalue weighted by molar-refractivity contribution is 7.99. The third-order valence-corrected chi connectivity index (χ3v) is 2.48. The van der Waals surface area contributed by atoms with Gasteiger partial charge in [0.2, 0.25) is 0 Å². The molecule has 0 bridgehead atoms. The van der Waals surface area contributed by atoms with Gasteiger partial charge in [-0.3, -0.25) is 0 Å². The highest BCUT2D eigenvalue weighted by Crippen LogP contribution is 1.99. The Hall–Kier alpha value is 0.0500. The van der Waals surface area contributed by atoms with E-state index in [-0.39, 0.29) is 0 Å². The second kappa shape index (κ2) is 8.15. The van der Waals surface area contributed by atoms with Crippen molar-refractivity contribution in [1.29, 1.82) is 0 Å². The van der Waals surface area contributed by atoms with Gasteiger partial charge in [0.1, 0.15) is 0 Å². The molecular weight excluding hydrogens is 154 g/mol. The van der Waals surface area contributed by atoms with Crippen molar-refractivity contribution >= 4 is 11.8 Å². The third-order valence-electron chi connectivity index (χ3n) is 1.49. The maximum atomic E-state index is 3.71. The zero-order chi connectivity index (χ0) is 8.53. The zero-order valence-electron chi connectivity index (χ0n) is 7.60. The van der Waals surface area contributed by atoms with Crippen molar-refractivity contribution in [2.75, 3.05) is 18.1 Å². The van der Waals surface area contributed by atoms with Crippen LogP contribution >= 0.6 is 11.8 Å². The fourth-order valence-electron chi connectivity index (χ4n) is 0.732. The first-order valence-corrected chi connectivity index (χ1v) is 5.40. The van der Waals surface area contributed by atoms with Crippen LogP contribution in [0.4, 0.5) is 0 Å². The summed E-state index contributed by atoms with van der Waals surface area (Å²) in [4.78, 5) is 0. The molecule has 0 amide bonds. The van der Waals surface area contributed by atoms with Crippen LogP contribution in [0.1, 0.15) is 20.3 Å². The SMILES string of the molecule is C=CC(C)NCCCSCC. The van der Waals surface area contributed by atoms with Crippen molar-refractivity contribution in [3.63, 3.8) is 0 Å². The summed E-state index contributed by atoms with van der Waals surface area (Å²) in [7, 11) is 0. The molecular formula is C9H19NS. The second-order valence-corrected chi connectivity index (χ2v) is 3.92. The van der Waals surface area contributed by atoms with Gasteiger partial charge in [-0.2, -0.15) is 11.8 Å². The van der Waals surface area contributed by atoms with E-state index in [2.05, 4.69) is 25.7 Å². The van der Waals surface area contributed by atoms with E-state index >= 15 is 0 Å². The van der Waals surface area contributed by atoms with Crippen molar-refractivity contribution in [2.45, 2.75) is 26.3 Å². The molecule has 2 heteroatoms. The number of rotatable bonds is 7. The predicted molar refractivity (Wildman–Crippen MR) is 55.3 cm³/mol. The molecule has 0 aromatic rings. The van der Waals surface area contributed by atoms with Gasteiger partial charge in [0.25, 0.3) is 0 Å². The second-order valence-electron chi connectivity index (χ2n) is 2.53. The Labute approximate surface area is 74.6 Å². The molecule has 1 nitrogen and oxygen atoms in total. The van der Waals surface area contributed by atoms with Gasteiger partial charge in [0.15, 0.2) is 0 Å². The average Bonchev–Trinajstić information content (AvgIpc) is 2.04. The maximum Gasteiger partial charge on any atom is 0.0219 e. The van der Waals surface area contributed by atoms with Gasteiger partial charge >= 0.3 is 0 Å². The van der Waals surface area contributed by atoms with Crippen LogP contribution in [0.2, 0.25) is 0 Å². The summed E-state index contributed by atoms with van der Waals surface area (Å²) >= 11 is 2.00. The molecule has 1 unspecified atom stereocenters. The van der Waals surface area contributed by atoms with Crippen molar-refractivity contribution in [3.8, 4) is 0 Å². The van der Waals surface area contributed by atoms with Crippen LogP contribution in [0.5, 0.6) is 0 Å². The normalized spacial score (nSPS) is 12.9. The number of thioether (sulfide) groups is 1. The summed E-state index contributed by atoms with van der Waals surface area (Å²) in [6.45, 7) is 9.14. The summed E-state index contributed by atoms with van der Waals surface area (Å²) in [6, 6.07) is 0.460. The lowest BCUT2D eigenvalue weighted by atomic mass is 10.3. The first kappa shape index (κ1) is 11.1. The molecule has 11 heavy (non-hydrogen) atoms. The van der Waals surface area contributed by atoms with Gasteiger partial charge in [-0.15, -0.1) is 6.58 Å². The Kier molecular flexibility index (Phi) is 8.19. The van der Waals surface area contributed by atoms with Crippen LogP contribution in [0, 0.1) is 0 Å². The third kappa shape index (κ3) is 7.95. The molecule has 0 aromatic carbocycles. The molecule has 0 spiro atoms. The molecule has 0 radical (unpaired) electrons. The van der Waals surface area contributed by atoms with Crippen molar-refractivity contribution in [3.05, 3.63) is 12.7 Å². The molecule has 0 aromatic heterocycles. The molecule has 66 valence electrons. The van der Waals surface area contributed by atoms with Gasteiger partial charge < -0.3 is 5.32 Å². The average molecular weight is 173 g/mol. The van der Waals surface area contributed by atoms with E-state index in [4.69, 9.17) is 0 Å². The predicted octanol–water partition coefficient (Wildman–Crippen LogP) is 2.29. The molecule has 1 atom stereocenters. The molecule has 0 saturated heterocycles. The molecule has 1 N–H and O–H groups in total. The lowest BCUT2D eigenvalue weighted by molar-refractivity contribution is 0.627. The zero-order valence-corrected chi connectivity index (χ0v) is 8.41. The van der Waals surface area contributed by atoms with E-state index in [1.807, 2.05) is 17.8 Å². The van der Waals surface area contributed by atoms with Crippen LogP contribution in [-0.2, 0) is 0 Å². The minimum absolute atomic E-state index is 0.460. The topological polar surface area (TPSA) is 12.0 Å². The summed E-state index contributed by atoms with van der Waals surface area (Å²) in [5.74, 6) is 2.50. The molecule has 0 aliphatic heterocycles. The summed E-state index contributed by atoms with van der Waals surface area (Å²) < 4.78 is 0. The maximum absolute atomic E-state index is 3.71. The van der Waals surface area contributed by atoms with E-state index in [0.29, 0.717) is 6.04 Å².